The zero-order valence-corrected chi connectivity index (χ0v) is 13.0. The summed E-state index contributed by atoms with van der Waals surface area (Å²) >= 11 is 0. The van der Waals surface area contributed by atoms with Crippen molar-refractivity contribution in [3.8, 4) is 0 Å². The number of ketones is 1. The molecule has 0 saturated carbocycles. The molecule has 110 valence electrons. The van der Waals surface area contributed by atoms with Gasteiger partial charge in [0.1, 0.15) is 0 Å². The average molecular weight is 276 g/mol. The summed E-state index contributed by atoms with van der Waals surface area (Å²) in [7, 11) is 1.60. The topological polar surface area (TPSA) is 49.4 Å². The molecule has 0 heterocycles. The molecule has 1 unspecified atom stereocenters. The molecule has 4 nitrogen and oxygen atoms in total. The molecule has 0 radical (unpaired) electrons. The molecule has 0 saturated heterocycles. The van der Waals surface area contributed by atoms with Gasteiger partial charge in [0.2, 0.25) is 5.91 Å². The molecule has 4 heteroatoms. The average Bonchev–Trinajstić information content (AvgIpc) is 2.45. The van der Waals surface area contributed by atoms with Crippen LogP contribution >= 0.6 is 0 Å². The molecule has 0 bridgehead atoms. The van der Waals surface area contributed by atoms with Crippen LogP contribution in [-0.4, -0.2) is 42.8 Å². The maximum absolute atomic E-state index is 12.6. The third-order valence-electron chi connectivity index (χ3n) is 3.62. The number of carbonyl (C=O) groups is 2. The highest BCUT2D eigenvalue weighted by atomic mass is 16.2. The summed E-state index contributed by atoms with van der Waals surface area (Å²) in [5, 5.41) is 2.59. The summed E-state index contributed by atoms with van der Waals surface area (Å²) in [6.45, 7) is 8.62. The number of amides is 1. The van der Waals surface area contributed by atoms with E-state index in [1.807, 2.05) is 50.8 Å². The van der Waals surface area contributed by atoms with Crippen molar-refractivity contribution in [3.05, 3.63) is 34.9 Å². The number of nitrogens with zero attached hydrogens (tertiary/aromatic N) is 1. The van der Waals surface area contributed by atoms with E-state index < -0.39 is 0 Å². The van der Waals surface area contributed by atoms with Gasteiger partial charge in [-0.2, -0.15) is 0 Å². The van der Waals surface area contributed by atoms with E-state index >= 15 is 0 Å². The highest BCUT2D eigenvalue weighted by Crippen LogP contribution is 2.15. The molecule has 0 aliphatic heterocycles. The Kier molecular flexibility index (Phi) is 5.89. The number of benzene rings is 1. The highest BCUT2D eigenvalue weighted by molar-refractivity contribution is 6.01. The Bertz CT molecular complexity index is 497. The van der Waals surface area contributed by atoms with Gasteiger partial charge in [0, 0.05) is 12.6 Å². The van der Waals surface area contributed by atoms with E-state index in [1.165, 1.54) is 0 Å². The van der Waals surface area contributed by atoms with Crippen molar-refractivity contribution in [1.82, 2.24) is 10.2 Å². The van der Waals surface area contributed by atoms with Gasteiger partial charge >= 0.3 is 0 Å². The molecule has 1 aromatic carbocycles. The molecule has 0 aliphatic rings. The number of aryl methyl sites for hydroxylation is 2. The quantitative estimate of drug-likeness (QED) is 0.808. The molecule has 1 amide bonds. The normalized spacial score (nSPS) is 12.3. The SMILES string of the molecule is CCN(CC(=O)NC)C(C)C(=O)c1cc(C)ccc1C. The molecule has 0 aliphatic carbocycles. The second-order valence-electron chi connectivity index (χ2n) is 5.09. The van der Waals surface area contributed by atoms with E-state index in [4.69, 9.17) is 0 Å². The summed E-state index contributed by atoms with van der Waals surface area (Å²) in [6.07, 6.45) is 0. The summed E-state index contributed by atoms with van der Waals surface area (Å²) in [4.78, 5) is 26.0. The second kappa shape index (κ2) is 7.20. The van der Waals surface area contributed by atoms with Gasteiger partial charge in [-0.15, -0.1) is 0 Å². The van der Waals surface area contributed by atoms with Crippen LogP contribution in [0.2, 0.25) is 0 Å². The van der Waals surface area contributed by atoms with Crippen LogP contribution < -0.4 is 5.32 Å². The first-order valence-corrected chi connectivity index (χ1v) is 6.96. The predicted octanol–water partition coefficient (Wildman–Crippen LogP) is 1.94. The Labute approximate surface area is 121 Å². The number of carbonyl (C=O) groups excluding carboxylic acids is 2. The summed E-state index contributed by atoms with van der Waals surface area (Å²) in [6, 6.07) is 5.57. The van der Waals surface area contributed by atoms with Crippen molar-refractivity contribution in [2.24, 2.45) is 0 Å². The van der Waals surface area contributed by atoms with Crippen LogP contribution in [0.5, 0.6) is 0 Å². The molecular weight excluding hydrogens is 252 g/mol. The Morgan fingerprint density at radius 2 is 1.95 bits per heavy atom. The summed E-state index contributed by atoms with van der Waals surface area (Å²) in [5.74, 6) is -0.00980. The highest BCUT2D eigenvalue weighted by Gasteiger charge is 2.24. The van der Waals surface area contributed by atoms with Crippen LogP contribution in [-0.2, 0) is 4.79 Å². The minimum absolute atomic E-state index is 0.0666. The molecule has 0 aromatic heterocycles. The molecular formula is C16H24N2O2. The fraction of sp³-hybridized carbons (Fsp3) is 0.500. The van der Waals surface area contributed by atoms with E-state index in [2.05, 4.69) is 5.32 Å². The van der Waals surface area contributed by atoms with Gasteiger partial charge in [-0.1, -0.05) is 24.6 Å². The van der Waals surface area contributed by atoms with Gasteiger partial charge < -0.3 is 5.32 Å². The minimum atomic E-state index is -0.308. The second-order valence-corrected chi connectivity index (χ2v) is 5.09. The first kappa shape index (κ1) is 16.4. The lowest BCUT2D eigenvalue weighted by Crippen LogP contribution is -2.44. The molecule has 1 rings (SSSR count). The number of Topliss-reactive ketones (excluding diaryl/α,β-unsaturated/α-hetero) is 1. The fourth-order valence-electron chi connectivity index (χ4n) is 2.18. The van der Waals surface area contributed by atoms with Crippen LogP contribution in [0.1, 0.15) is 35.3 Å². The number of hydrogen-bond acceptors (Lipinski definition) is 3. The lowest BCUT2D eigenvalue weighted by atomic mass is 9.97. The maximum atomic E-state index is 12.6. The first-order chi connectivity index (χ1) is 9.40. The van der Waals surface area contributed by atoms with Crippen LogP contribution in [0.4, 0.5) is 0 Å². The van der Waals surface area contributed by atoms with Gasteiger partial charge in [-0.05, 0) is 38.9 Å². The number of hydrogen-bond donors (Lipinski definition) is 1. The summed E-state index contributed by atoms with van der Waals surface area (Å²) < 4.78 is 0. The van der Waals surface area contributed by atoms with Gasteiger partial charge in [0.05, 0.1) is 12.6 Å². The van der Waals surface area contributed by atoms with Crippen molar-refractivity contribution in [1.29, 1.82) is 0 Å². The largest absolute Gasteiger partial charge is 0.358 e. The Morgan fingerprint density at radius 3 is 2.50 bits per heavy atom. The predicted molar refractivity (Wildman–Crippen MR) is 81.0 cm³/mol. The zero-order chi connectivity index (χ0) is 15.3. The van der Waals surface area contributed by atoms with Crippen molar-refractivity contribution in [3.63, 3.8) is 0 Å². The molecule has 1 N–H and O–H groups in total. The number of rotatable bonds is 6. The van der Waals surface area contributed by atoms with Crippen molar-refractivity contribution >= 4 is 11.7 Å². The van der Waals surface area contributed by atoms with Gasteiger partial charge in [-0.3, -0.25) is 14.5 Å². The molecule has 20 heavy (non-hydrogen) atoms. The van der Waals surface area contributed by atoms with E-state index in [0.717, 1.165) is 16.7 Å². The third-order valence-corrected chi connectivity index (χ3v) is 3.62. The molecule has 1 atom stereocenters. The molecule has 0 spiro atoms. The monoisotopic (exact) mass is 276 g/mol. The summed E-state index contributed by atoms with van der Waals surface area (Å²) in [5.41, 5.74) is 2.79. The number of nitrogens with one attached hydrogen (secondary N) is 1. The maximum Gasteiger partial charge on any atom is 0.233 e. The zero-order valence-electron chi connectivity index (χ0n) is 13.0. The Hall–Kier alpha value is -1.68. The van der Waals surface area contributed by atoms with Crippen LogP contribution in [0.25, 0.3) is 0 Å². The van der Waals surface area contributed by atoms with Crippen molar-refractivity contribution in [2.45, 2.75) is 33.7 Å². The lowest BCUT2D eigenvalue weighted by Gasteiger charge is -2.26. The van der Waals surface area contributed by atoms with Crippen molar-refractivity contribution < 1.29 is 9.59 Å². The standard InChI is InChI=1S/C16H24N2O2/c1-6-18(10-15(19)17-5)13(4)16(20)14-9-11(2)7-8-12(14)3/h7-9,13H,6,10H2,1-5H3,(H,17,19). The van der Waals surface area contributed by atoms with E-state index in [1.54, 1.807) is 7.05 Å². The van der Waals surface area contributed by atoms with Crippen LogP contribution in [0, 0.1) is 13.8 Å². The van der Waals surface area contributed by atoms with Crippen LogP contribution in [0.15, 0.2) is 18.2 Å². The number of likely N-dealkylation sites (N-methyl/N-ethyl adjacent to an activating group) is 2. The molecule has 0 fully saturated rings. The Morgan fingerprint density at radius 1 is 1.30 bits per heavy atom. The Balaban J connectivity index is 2.94. The van der Waals surface area contributed by atoms with E-state index in [-0.39, 0.29) is 24.3 Å². The van der Waals surface area contributed by atoms with Gasteiger partial charge in [0.25, 0.3) is 0 Å². The van der Waals surface area contributed by atoms with Gasteiger partial charge in [0.15, 0.2) is 5.78 Å². The van der Waals surface area contributed by atoms with E-state index in [0.29, 0.717) is 6.54 Å². The van der Waals surface area contributed by atoms with E-state index in [9.17, 15) is 9.59 Å². The fourth-order valence-corrected chi connectivity index (χ4v) is 2.18. The van der Waals surface area contributed by atoms with Gasteiger partial charge in [-0.25, -0.2) is 0 Å². The van der Waals surface area contributed by atoms with Crippen LogP contribution in [0.3, 0.4) is 0 Å². The molecule has 1 aromatic rings. The smallest absolute Gasteiger partial charge is 0.233 e. The first-order valence-electron chi connectivity index (χ1n) is 6.96. The third kappa shape index (κ3) is 3.90. The minimum Gasteiger partial charge on any atom is -0.358 e. The van der Waals surface area contributed by atoms with Crippen molar-refractivity contribution in [2.75, 3.05) is 20.1 Å². The lowest BCUT2D eigenvalue weighted by molar-refractivity contribution is -0.121.